The number of piperazine rings is 1. The second-order valence-electron chi connectivity index (χ2n) is 5.72. The van der Waals surface area contributed by atoms with Crippen LogP contribution < -0.4 is 4.90 Å². The van der Waals surface area contributed by atoms with Gasteiger partial charge in [0.1, 0.15) is 0 Å². The van der Waals surface area contributed by atoms with Crippen molar-refractivity contribution in [2.24, 2.45) is 0 Å². The van der Waals surface area contributed by atoms with Crippen molar-refractivity contribution in [2.75, 3.05) is 31.1 Å². The molecule has 19 heavy (non-hydrogen) atoms. The molecule has 1 aliphatic heterocycles. The summed E-state index contributed by atoms with van der Waals surface area (Å²) in [5, 5.41) is 0.950. The summed E-state index contributed by atoms with van der Waals surface area (Å²) < 4.78 is 0. The van der Waals surface area contributed by atoms with Gasteiger partial charge in [-0.25, -0.2) is 0 Å². The first-order chi connectivity index (χ1) is 9.38. The van der Waals surface area contributed by atoms with E-state index in [1.807, 2.05) is 0 Å². The summed E-state index contributed by atoms with van der Waals surface area (Å²) in [6.07, 6.45) is 5.74. The predicted octanol–water partition coefficient (Wildman–Crippen LogP) is 3.65. The summed E-state index contributed by atoms with van der Waals surface area (Å²) in [6, 6.07) is 9.67. The van der Waals surface area contributed by atoms with Crippen LogP contribution in [0.2, 0.25) is 0 Å². The highest BCUT2D eigenvalue weighted by atomic mass is 79.9. The minimum Gasteiger partial charge on any atom is -0.369 e. The Morgan fingerprint density at radius 1 is 1.00 bits per heavy atom. The standard InChI is InChI=1S/C16H23BrN2/c17-13-14-5-1-4-8-16(14)19-11-9-18(10-12-19)15-6-2-3-7-15/h1,4-5,8,15H,2-3,6-7,9-13H2. The van der Waals surface area contributed by atoms with Gasteiger partial charge in [0.2, 0.25) is 0 Å². The normalized spacial score (nSPS) is 22.1. The van der Waals surface area contributed by atoms with Crippen molar-refractivity contribution in [3.63, 3.8) is 0 Å². The molecule has 2 nitrogen and oxygen atoms in total. The molecule has 0 radical (unpaired) electrons. The van der Waals surface area contributed by atoms with E-state index in [1.165, 1.54) is 63.1 Å². The van der Waals surface area contributed by atoms with Crippen LogP contribution in [0.1, 0.15) is 31.2 Å². The summed E-state index contributed by atoms with van der Waals surface area (Å²) in [7, 11) is 0. The molecule has 0 unspecified atom stereocenters. The summed E-state index contributed by atoms with van der Waals surface area (Å²) in [5.41, 5.74) is 2.84. The van der Waals surface area contributed by atoms with Gasteiger partial charge in [-0.2, -0.15) is 0 Å². The molecule has 2 aliphatic rings. The molecule has 0 atom stereocenters. The molecule has 1 aliphatic carbocycles. The average molecular weight is 323 g/mol. The second-order valence-corrected chi connectivity index (χ2v) is 6.28. The second kappa shape index (κ2) is 6.27. The number of para-hydroxylation sites is 1. The molecule has 1 heterocycles. The topological polar surface area (TPSA) is 6.48 Å². The van der Waals surface area contributed by atoms with Crippen molar-refractivity contribution in [3.8, 4) is 0 Å². The molecule has 1 saturated heterocycles. The molecule has 3 heteroatoms. The van der Waals surface area contributed by atoms with Gasteiger partial charge < -0.3 is 4.90 Å². The Balaban J connectivity index is 1.63. The number of nitrogens with zero attached hydrogens (tertiary/aromatic N) is 2. The van der Waals surface area contributed by atoms with Crippen molar-refractivity contribution < 1.29 is 0 Å². The fourth-order valence-electron chi connectivity index (χ4n) is 3.53. The monoisotopic (exact) mass is 322 g/mol. The number of hydrogen-bond donors (Lipinski definition) is 0. The van der Waals surface area contributed by atoms with Crippen LogP contribution in [0.15, 0.2) is 24.3 Å². The van der Waals surface area contributed by atoms with E-state index in [-0.39, 0.29) is 0 Å². The SMILES string of the molecule is BrCc1ccccc1N1CCN(C2CCCC2)CC1. The average Bonchev–Trinajstić information content (AvgIpc) is 3.02. The molecular weight excluding hydrogens is 300 g/mol. The van der Waals surface area contributed by atoms with Crippen LogP contribution in [-0.4, -0.2) is 37.1 Å². The first-order valence-corrected chi connectivity index (χ1v) is 8.63. The van der Waals surface area contributed by atoms with Crippen LogP contribution in [-0.2, 0) is 5.33 Å². The van der Waals surface area contributed by atoms with Gasteiger partial charge in [0.25, 0.3) is 0 Å². The first kappa shape index (κ1) is 13.4. The van der Waals surface area contributed by atoms with Crippen molar-refractivity contribution >= 4 is 21.6 Å². The predicted molar refractivity (Wildman–Crippen MR) is 85.1 cm³/mol. The third-order valence-corrected chi connectivity index (χ3v) is 5.24. The highest BCUT2D eigenvalue weighted by Crippen LogP contribution is 2.27. The number of rotatable bonds is 3. The lowest BCUT2D eigenvalue weighted by atomic mass is 10.1. The van der Waals surface area contributed by atoms with Crippen LogP contribution >= 0.6 is 15.9 Å². The van der Waals surface area contributed by atoms with Crippen LogP contribution in [0.3, 0.4) is 0 Å². The van der Waals surface area contributed by atoms with Crippen LogP contribution in [0.25, 0.3) is 0 Å². The molecule has 0 spiro atoms. The van der Waals surface area contributed by atoms with Gasteiger partial charge >= 0.3 is 0 Å². The Hall–Kier alpha value is -0.540. The molecular formula is C16H23BrN2. The van der Waals surface area contributed by atoms with Gasteiger partial charge in [-0.3, -0.25) is 4.90 Å². The van der Waals surface area contributed by atoms with Gasteiger partial charge in [-0.05, 0) is 24.5 Å². The molecule has 0 bridgehead atoms. The lowest BCUT2D eigenvalue weighted by Crippen LogP contribution is -2.49. The number of anilines is 1. The van der Waals surface area contributed by atoms with Crippen LogP contribution in [0.4, 0.5) is 5.69 Å². The smallest absolute Gasteiger partial charge is 0.0408 e. The Kier molecular flexibility index (Phi) is 4.44. The van der Waals surface area contributed by atoms with Gasteiger partial charge in [0.05, 0.1) is 0 Å². The van der Waals surface area contributed by atoms with E-state index in [1.54, 1.807) is 0 Å². The molecule has 0 amide bonds. The number of benzene rings is 1. The van der Waals surface area contributed by atoms with Gasteiger partial charge in [-0.1, -0.05) is 47.0 Å². The first-order valence-electron chi connectivity index (χ1n) is 7.51. The Labute approximate surface area is 124 Å². The fourth-order valence-corrected chi connectivity index (χ4v) is 4.00. The zero-order chi connectivity index (χ0) is 13.1. The quantitative estimate of drug-likeness (QED) is 0.784. The molecule has 1 aromatic rings. The molecule has 0 aromatic heterocycles. The van der Waals surface area contributed by atoms with Crippen molar-refractivity contribution in [3.05, 3.63) is 29.8 Å². The highest BCUT2D eigenvalue weighted by molar-refractivity contribution is 9.08. The highest BCUT2D eigenvalue weighted by Gasteiger charge is 2.26. The summed E-state index contributed by atoms with van der Waals surface area (Å²) in [6.45, 7) is 4.84. The van der Waals surface area contributed by atoms with Crippen LogP contribution in [0, 0.1) is 0 Å². The van der Waals surface area contributed by atoms with E-state index in [0.717, 1.165) is 11.4 Å². The van der Waals surface area contributed by atoms with Crippen molar-refractivity contribution in [1.82, 2.24) is 4.90 Å². The maximum atomic E-state index is 3.60. The Bertz CT molecular complexity index is 407. The Morgan fingerprint density at radius 2 is 1.68 bits per heavy atom. The van der Waals surface area contributed by atoms with E-state index < -0.39 is 0 Å². The summed E-state index contributed by atoms with van der Waals surface area (Å²) >= 11 is 3.60. The molecule has 2 fully saturated rings. The molecule has 1 saturated carbocycles. The zero-order valence-electron chi connectivity index (χ0n) is 11.5. The zero-order valence-corrected chi connectivity index (χ0v) is 13.1. The third kappa shape index (κ3) is 2.97. The maximum absolute atomic E-state index is 3.60. The van der Waals surface area contributed by atoms with Gasteiger partial charge in [0, 0.05) is 43.2 Å². The molecule has 0 N–H and O–H groups in total. The molecule has 1 aromatic carbocycles. The summed E-state index contributed by atoms with van der Waals surface area (Å²) in [5.74, 6) is 0. The van der Waals surface area contributed by atoms with E-state index in [2.05, 4.69) is 50.0 Å². The minimum atomic E-state index is 0.883. The maximum Gasteiger partial charge on any atom is 0.0408 e. The number of hydrogen-bond acceptors (Lipinski definition) is 2. The van der Waals surface area contributed by atoms with E-state index >= 15 is 0 Å². The lowest BCUT2D eigenvalue weighted by molar-refractivity contribution is 0.187. The van der Waals surface area contributed by atoms with Crippen molar-refractivity contribution in [2.45, 2.75) is 37.1 Å². The summed E-state index contributed by atoms with van der Waals surface area (Å²) in [4.78, 5) is 5.28. The largest absolute Gasteiger partial charge is 0.369 e. The lowest BCUT2D eigenvalue weighted by Gasteiger charge is -2.39. The number of halogens is 1. The van der Waals surface area contributed by atoms with Gasteiger partial charge in [-0.15, -0.1) is 0 Å². The van der Waals surface area contributed by atoms with Crippen molar-refractivity contribution in [1.29, 1.82) is 0 Å². The fraction of sp³-hybridized carbons (Fsp3) is 0.625. The minimum absolute atomic E-state index is 0.883. The van der Waals surface area contributed by atoms with Crippen LogP contribution in [0.5, 0.6) is 0 Å². The number of alkyl halides is 1. The van der Waals surface area contributed by atoms with E-state index in [0.29, 0.717) is 0 Å². The molecule has 104 valence electrons. The third-order valence-electron chi connectivity index (χ3n) is 4.63. The Morgan fingerprint density at radius 3 is 2.37 bits per heavy atom. The van der Waals surface area contributed by atoms with E-state index in [4.69, 9.17) is 0 Å². The molecule has 3 rings (SSSR count). The van der Waals surface area contributed by atoms with E-state index in [9.17, 15) is 0 Å². The van der Waals surface area contributed by atoms with Gasteiger partial charge in [0.15, 0.2) is 0 Å².